The fraction of sp³-hybridized carbons (Fsp3) is 0.286. The number of ether oxygens (including phenoxy) is 1. The fourth-order valence-electron chi connectivity index (χ4n) is 1.57. The van der Waals surface area contributed by atoms with E-state index in [1.54, 1.807) is 18.3 Å². The van der Waals surface area contributed by atoms with Crippen LogP contribution < -0.4 is 10.1 Å². The smallest absolute Gasteiger partial charge is 0.228 e. The van der Waals surface area contributed by atoms with Crippen molar-refractivity contribution < 1.29 is 4.74 Å². The number of hydrogen-bond acceptors (Lipinski definition) is 6. The van der Waals surface area contributed by atoms with Crippen molar-refractivity contribution in [3.05, 3.63) is 40.6 Å². The van der Waals surface area contributed by atoms with Gasteiger partial charge >= 0.3 is 0 Å². The molecule has 0 unspecified atom stereocenters. The standard InChI is InChI=1S/C14H14BrN5O/c1-14(2,9-21-13-11(15)4-3-7-17-13)18-12-6-5-10(8-16)19-20-12/h3-7H,9H2,1-2H3,(H,18,20). The highest BCUT2D eigenvalue weighted by Gasteiger charge is 2.20. The molecule has 0 aliphatic heterocycles. The quantitative estimate of drug-likeness (QED) is 0.895. The first-order chi connectivity index (χ1) is 10.00. The second-order valence-corrected chi connectivity index (χ2v) is 5.86. The van der Waals surface area contributed by atoms with Gasteiger partial charge < -0.3 is 10.1 Å². The van der Waals surface area contributed by atoms with Gasteiger partial charge in [-0.2, -0.15) is 5.26 Å². The lowest BCUT2D eigenvalue weighted by atomic mass is 10.1. The van der Waals surface area contributed by atoms with Crippen molar-refractivity contribution in [3.8, 4) is 11.9 Å². The monoisotopic (exact) mass is 347 g/mol. The first kappa shape index (κ1) is 15.2. The second-order valence-electron chi connectivity index (χ2n) is 5.00. The summed E-state index contributed by atoms with van der Waals surface area (Å²) in [6.07, 6.45) is 1.67. The van der Waals surface area contributed by atoms with Crippen LogP contribution in [-0.4, -0.2) is 27.3 Å². The molecule has 0 aromatic carbocycles. The molecule has 2 aromatic heterocycles. The molecule has 7 heteroatoms. The Kier molecular flexibility index (Phi) is 4.70. The number of pyridine rings is 1. The molecule has 0 saturated carbocycles. The van der Waals surface area contributed by atoms with E-state index in [0.717, 1.165) is 4.47 Å². The van der Waals surface area contributed by atoms with Crippen LogP contribution >= 0.6 is 15.9 Å². The maximum absolute atomic E-state index is 8.69. The number of halogens is 1. The SMILES string of the molecule is CC(C)(COc1ncccc1Br)Nc1ccc(C#N)nn1. The molecule has 0 radical (unpaired) electrons. The number of anilines is 1. The Morgan fingerprint density at radius 3 is 2.76 bits per heavy atom. The average molecular weight is 348 g/mol. The summed E-state index contributed by atoms with van der Waals surface area (Å²) in [5.74, 6) is 1.13. The minimum absolute atomic E-state index is 0.284. The van der Waals surface area contributed by atoms with Crippen LogP contribution in [0.2, 0.25) is 0 Å². The van der Waals surface area contributed by atoms with E-state index in [9.17, 15) is 0 Å². The number of aromatic nitrogens is 3. The van der Waals surface area contributed by atoms with Crippen molar-refractivity contribution in [1.29, 1.82) is 5.26 Å². The van der Waals surface area contributed by atoms with Gasteiger partial charge in [0.25, 0.3) is 0 Å². The van der Waals surface area contributed by atoms with E-state index in [2.05, 4.69) is 36.4 Å². The Morgan fingerprint density at radius 1 is 1.33 bits per heavy atom. The molecular weight excluding hydrogens is 334 g/mol. The third-order valence-electron chi connectivity index (χ3n) is 2.54. The first-order valence-electron chi connectivity index (χ1n) is 6.25. The maximum atomic E-state index is 8.69. The van der Waals surface area contributed by atoms with Gasteiger partial charge in [-0.05, 0) is 54.0 Å². The minimum Gasteiger partial charge on any atom is -0.474 e. The zero-order valence-corrected chi connectivity index (χ0v) is 13.3. The van der Waals surface area contributed by atoms with Crippen LogP contribution in [0.4, 0.5) is 5.82 Å². The molecule has 0 bridgehead atoms. The average Bonchev–Trinajstić information content (AvgIpc) is 2.47. The van der Waals surface area contributed by atoms with Gasteiger partial charge in [-0.15, -0.1) is 10.2 Å². The van der Waals surface area contributed by atoms with E-state index in [0.29, 0.717) is 18.3 Å². The Bertz CT molecular complexity index is 651. The van der Waals surface area contributed by atoms with Crippen molar-refractivity contribution in [2.75, 3.05) is 11.9 Å². The van der Waals surface area contributed by atoms with Crippen LogP contribution in [0, 0.1) is 11.3 Å². The molecule has 6 nitrogen and oxygen atoms in total. The Morgan fingerprint density at radius 2 is 2.14 bits per heavy atom. The lowest BCUT2D eigenvalue weighted by Gasteiger charge is -2.26. The maximum Gasteiger partial charge on any atom is 0.228 e. The van der Waals surface area contributed by atoms with Crippen LogP contribution in [0.1, 0.15) is 19.5 Å². The molecule has 2 rings (SSSR count). The molecule has 2 heterocycles. The summed E-state index contributed by atoms with van der Waals surface area (Å²) in [6.45, 7) is 4.34. The van der Waals surface area contributed by atoms with E-state index in [-0.39, 0.29) is 11.2 Å². The van der Waals surface area contributed by atoms with E-state index in [4.69, 9.17) is 10.00 Å². The number of nitrogens with one attached hydrogen (secondary N) is 1. The van der Waals surface area contributed by atoms with Gasteiger partial charge in [0.2, 0.25) is 5.88 Å². The predicted octanol–water partition coefficient (Wildman–Crippen LogP) is 2.78. The van der Waals surface area contributed by atoms with Gasteiger partial charge in [-0.1, -0.05) is 0 Å². The van der Waals surface area contributed by atoms with E-state index < -0.39 is 0 Å². The summed E-state index contributed by atoms with van der Waals surface area (Å²) in [7, 11) is 0. The molecule has 0 saturated heterocycles. The minimum atomic E-state index is -0.375. The summed E-state index contributed by atoms with van der Waals surface area (Å²) < 4.78 is 6.50. The van der Waals surface area contributed by atoms with Crippen LogP contribution in [0.15, 0.2) is 34.9 Å². The largest absolute Gasteiger partial charge is 0.474 e. The van der Waals surface area contributed by atoms with E-state index in [1.807, 2.05) is 32.0 Å². The lowest BCUT2D eigenvalue weighted by molar-refractivity contribution is 0.245. The van der Waals surface area contributed by atoms with Crippen molar-refractivity contribution in [2.24, 2.45) is 0 Å². The van der Waals surface area contributed by atoms with Gasteiger partial charge in [0, 0.05) is 6.20 Å². The zero-order valence-electron chi connectivity index (χ0n) is 11.7. The third kappa shape index (κ3) is 4.39. The molecule has 0 atom stereocenters. The van der Waals surface area contributed by atoms with E-state index in [1.165, 1.54) is 0 Å². The number of nitriles is 1. The molecule has 2 aromatic rings. The molecule has 0 amide bonds. The van der Waals surface area contributed by atoms with Crippen LogP contribution in [-0.2, 0) is 0 Å². The molecule has 1 N–H and O–H groups in total. The van der Waals surface area contributed by atoms with Crippen LogP contribution in [0.25, 0.3) is 0 Å². The number of nitrogens with zero attached hydrogens (tertiary/aromatic N) is 4. The summed E-state index contributed by atoms with van der Waals surface area (Å²) in [6, 6.07) is 8.95. The highest BCUT2D eigenvalue weighted by Crippen LogP contribution is 2.22. The number of rotatable bonds is 5. The third-order valence-corrected chi connectivity index (χ3v) is 3.14. The second kappa shape index (κ2) is 6.50. The molecule has 108 valence electrons. The van der Waals surface area contributed by atoms with Crippen molar-refractivity contribution in [3.63, 3.8) is 0 Å². The Hall–Kier alpha value is -2.20. The van der Waals surface area contributed by atoms with E-state index >= 15 is 0 Å². The Labute approximate surface area is 131 Å². The fourth-order valence-corrected chi connectivity index (χ4v) is 1.94. The highest BCUT2D eigenvalue weighted by molar-refractivity contribution is 9.10. The molecule has 0 aliphatic carbocycles. The van der Waals surface area contributed by atoms with Gasteiger partial charge in [-0.25, -0.2) is 4.98 Å². The molecular formula is C14H14BrN5O. The van der Waals surface area contributed by atoms with Crippen LogP contribution in [0.5, 0.6) is 5.88 Å². The Balaban J connectivity index is 1.98. The normalized spacial score (nSPS) is 10.8. The van der Waals surface area contributed by atoms with Gasteiger partial charge in [-0.3, -0.25) is 0 Å². The van der Waals surface area contributed by atoms with Gasteiger partial charge in [0.05, 0.1) is 10.0 Å². The van der Waals surface area contributed by atoms with Gasteiger partial charge in [0.1, 0.15) is 18.5 Å². The first-order valence-corrected chi connectivity index (χ1v) is 7.05. The summed E-state index contributed by atoms with van der Waals surface area (Å²) in [4.78, 5) is 4.15. The summed E-state index contributed by atoms with van der Waals surface area (Å²) >= 11 is 3.39. The molecule has 0 fully saturated rings. The summed E-state index contributed by atoms with van der Waals surface area (Å²) in [5, 5.41) is 19.6. The van der Waals surface area contributed by atoms with Crippen molar-refractivity contribution in [1.82, 2.24) is 15.2 Å². The number of hydrogen-bond donors (Lipinski definition) is 1. The predicted molar refractivity (Wildman–Crippen MR) is 81.9 cm³/mol. The highest BCUT2D eigenvalue weighted by atomic mass is 79.9. The lowest BCUT2D eigenvalue weighted by Crippen LogP contribution is -2.38. The molecule has 21 heavy (non-hydrogen) atoms. The molecule has 0 spiro atoms. The van der Waals surface area contributed by atoms with Crippen LogP contribution in [0.3, 0.4) is 0 Å². The topological polar surface area (TPSA) is 83.7 Å². The van der Waals surface area contributed by atoms with Crippen molar-refractivity contribution in [2.45, 2.75) is 19.4 Å². The summed E-state index contributed by atoms with van der Waals surface area (Å²) in [5.41, 5.74) is -0.0909. The van der Waals surface area contributed by atoms with Crippen molar-refractivity contribution >= 4 is 21.7 Å². The molecule has 0 aliphatic rings. The van der Waals surface area contributed by atoms with Gasteiger partial charge in [0.15, 0.2) is 5.69 Å². The zero-order chi connectivity index (χ0) is 15.3.